The lowest BCUT2D eigenvalue weighted by molar-refractivity contribution is -0.121. The number of aromatic amines is 2. The molecule has 0 radical (unpaired) electrons. The van der Waals surface area contributed by atoms with Gasteiger partial charge in [-0.3, -0.25) is 19.2 Å². The molecule has 9 heteroatoms. The molecule has 2 amide bonds. The van der Waals surface area contributed by atoms with Crippen LogP contribution >= 0.6 is 0 Å². The Balaban J connectivity index is 1.46. The van der Waals surface area contributed by atoms with Gasteiger partial charge in [-0.25, -0.2) is 0 Å². The highest BCUT2D eigenvalue weighted by molar-refractivity contribution is 5.99. The fourth-order valence-corrected chi connectivity index (χ4v) is 3.04. The van der Waals surface area contributed by atoms with Crippen molar-refractivity contribution in [3.05, 3.63) is 68.7 Å². The van der Waals surface area contributed by atoms with Gasteiger partial charge in [0.2, 0.25) is 0 Å². The van der Waals surface area contributed by atoms with E-state index in [1.54, 1.807) is 29.2 Å². The number of benzene rings is 2. The molecule has 0 bridgehead atoms. The van der Waals surface area contributed by atoms with Crippen LogP contribution in [0.25, 0.3) is 11.0 Å². The van der Waals surface area contributed by atoms with Crippen LogP contribution in [-0.2, 0) is 4.79 Å². The van der Waals surface area contributed by atoms with Crippen molar-refractivity contribution < 1.29 is 14.3 Å². The Kier molecular flexibility index (Phi) is 4.40. The summed E-state index contributed by atoms with van der Waals surface area (Å²) in [4.78, 5) is 53.8. The summed E-state index contributed by atoms with van der Waals surface area (Å²) in [5.41, 5.74) is 0.241. The number of carbonyl (C=O) groups excluding carboxylic acids is 2. The number of rotatable bonds is 4. The highest BCUT2D eigenvalue weighted by atomic mass is 16.5. The molecular weight excluding hydrogens is 364 g/mol. The fourth-order valence-electron chi connectivity index (χ4n) is 3.04. The summed E-state index contributed by atoms with van der Waals surface area (Å²) < 4.78 is 5.39. The lowest BCUT2D eigenvalue weighted by Gasteiger charge is -2.29. The molecule has 2 aromatic carbocycles. The van der Waals surface area contributed by atoms with Gasteiger partial charge in [-0.1, -0.05) is 12.1 Å². The first-order valence-corrected chi connectivity index (χ1v) is 8.60. The molecule has 0 unspecified atom stereocenters. The van der Waals surface area contributed by atoms with Gasteiger partial charge < -0.3 is 24.9 Å². The van der Waals surface area contributed by atoms with Crippen molar-refractivity contribution in [2.24, 2.45) is 0 Å². The molecule has 1 aromatic heterocycles. The second-order valence-electron chi connectivity index (χ2n) is 6.23. The first kappa shape index (κ1) is 17.5. The molecular formula is C19H16N4O5. The molecule has 3 N–H and O–H groups in total. The van der Waals surface area contributed by atoms with Crippen LogP contribution in [0.15, 0.2) is 52.1 Å². The predicted octanol–water partition coefficient (Wildman–Crippen LogP) is 0.372. The van der Waals surface area contributed by atoms with E-state index in [2.05, 4.69) is 15.3 Å². The number of anilines is 1. The third-order valence-electron chi connectivity index (χ3n) is 4.41. The zero-order chi connectivity index (χ0) is 19.7. The molecule has 28 heavy (non-hydrogen) atoms. The number of nitrogens with one attached hydrogen (secondary N) is 3. The van der Waals surface area contributed by atoms with E-state index in [0.717, 1.165) is 0 Å². The maximum atomic E-state index is 12.4. The molecule has 0 aliphatic carbocycles. The summed E-state index contributed by atoms with van der Waals surface area (Å²) in [5, 5.41) is 2.75. The molecule has 0 saturated heterocycles. The molecule has 4 rings (SSSR count). The van der Waals surface area contributed by atoms with Gasteiger partial charge in [-0.05, 0) is 30.3 Å². The lowest BCUT2D eigenvalue weighted by atomic mass is 10.2. The standard InChI is InChI=1S/C19H16N4O5/c24-16-10-28-15-4-2-1-3-14(15)23(16)8-7-20-17(25)11-5-6-12-13(9-11)22-19(27)18(26)21-12/h1-6,9H,7-8,10H2,(H,20,25)(H,21,26)(H,22,27). The molecule has 1 aliphatic heterocycles. The van der Waals surface area contributed by atoms with Crippen LogP contribution in [0.4, 0.5) is 5.69 Å². The van der Waals surface area contributed by atoms with Gasteiger partial charge in [0, 0.05) is 18.7 Å². The number of hydrogen-bond donors (Lipinski definition) is 3. The number of fused-ring (bicyclic) bond motifs is 2. The first-order chi connectivity index (χ1) is 13.5. The Bertz CT molecular complexity index is 1200. The number of carbonyl (C=O) groups is 2. The number of ether oxygens (including phenoxy) is 1. The highest BCUT2D eigenvalue weighted by Gasteiger charge is 2.24. The van der Waals surface area contributed by atoms with E-state index in [-0.39, 0.29) is 25.0 Å². The van der Waals surface area contributed by atoms with Gasteiger partial charge >= 0.3 is 11.1 Å². The van der Waals surface area contributed by atoms with Gasteiger partial charge in [0.1, 0.15) is 5.75 Å². The molecule has 0 atom stereocenters. The lowest BCUT2D eigenvalue weighted by Crippen LogP contribution is -2.43. The van der Waals surface area contributed by atoms with Gasteiger partial charge in [-0.15, -0.1) is 0 Å². The Hall–Kier alpha value is -3.88. The highest BCUT2D eigenvalue weighted by Crippen LogP contribution is 2.30. The van der Waals surface area contributed by atoms with Crippen molar-refractivity contribution in [3.63, 3.8) is 0 Å². The minimum absolute atomic E-state index is 0.0405. The number of aromatic nitrogens is 2. The number of amides is 2. The Morgan fingerprint density at radius 2 is 1.79 bits per heavy atom. The Morgan fingerprint density at radius 1 is 1.04 bits per heavy atom. The van der Waals surface area contributed by atoms with Crippen molar-refractivity contribution in [2.75, 3.05) is 24.6 Å². The zero-order valence-corrected chi connectivity index (χ0v) is 14.7. The average molecular weight is 380 g/mol. The summed E-state index contributed by atoms with van der Waals surface area (Å²) >= 11 is 0. The number of hydrogen-bond acceptors (Lipinski definition) is 5. The summed E-state index contributed by atoms with van der Waals surface area (Å²) in [7, 11) is 0. The third kappa shape index (κ3) is 3.25. The van der Waals surface area contributed by atoms with Crippen molar-refractivity contribution in [1.82, 2.24) is 15.3 Å². The Morgan fingerprint density at radius 3 is 2.61 bits per heavy atom. The van der Waals surface area contributed by atoms with Gasteiger partial charge in [0.25, 0.3) is 11.8 Å². The maximum absolute atomic E-state index is 12.4. The van der Waals surface area contributed by atoms with Gasteiger partial charge in [-0.2, -0.15) is 0 Å². The minimum Gasteiger partial charge on any atom is -0.482 e. The smallest absolute Gasteiger partial charge is 0.314 e. The molecule has 9 nitrogen and oxygen atoms in total. The SMILES string of the molecule is O=C(NCCN1C(=O)COc2ccccc21)c1ccc2[nH]c(=O)c(=O)[nH]c2c1. The first-order valence-electron chi connectivity index (χ1n) is 8.60. The van der Waals surface area contributed by atoms with Crippen LogP contribution in [0, 0.1) is 0 Å². The molecule has 2 heterocycles. The second kappa shape index (κ2) is 7.03. The van der Waals surface area contributed by atoms with Crippen molar-refractivity contribution in [2.45, 2.75) is 0 Å². The molecule has 1 aliphatic rings. The van der Waals surface area contributed by atoms with Crippen molar-refractivity contribution in [3.8, 4) is 5.75 Å². The van der Waals surface area contributed by atoms with Gasteiger partial charge in [0.15, 0.2) is 6.61 Å². The van der Waals surface area contributed by atoms with Gasteiger partial charge in [0.05, 0.1) is 16.7 Å². The fraction of sp³-hybridized carbons (Fsp3) is 0.158. The number of nitrogens with zero attached hydrogens (tertiary/aromatic N) is 1. The van der Waals surface area contributed by atoms with E-state index in [9.17, 15) is 19.2 Å². The van der Waals surface area contributed by atoms with Crippen LogP contribution in [0.2, 0.25) is 0 Å². The van der Waals surface area contributed by atoms with Crippen molar-refractivity contribution in [1.29, 1.82) is 0 Å². The van der Waals surface area contributed by atoms with Crippen LogP contribution in [0.1, 0.15) is 10.4 Å². The van der Waals surface area contributed by atoms with Crippen LogP contribution in [-0.4, -0.2) is 41.5 Å². The summed E-state index contributed by atoms with van der Waals surface area (Å²) in [6, 6.07) is 11.8. The normalized spacial score (nSPS) is 13.1. The van der Waals surface area contributed by atoms with E-state index in [1.807, 2.05) is 12.1 Å². The van der Waals surface area contributed by atoms with E-state index in [4.69, 9.17) is 4.74 Å². The average Bonchev–Trinajstić information content (AvgIpc) is 2.70. The van der Waals surface area contributed by atoms with E-state index in [0.29, 0.717) is 34.6 Å². The molecule has 0 fully saturated rings. The third-order valence-corrected chi connectivity index (χ3v) is 4.41. The second-order valence-corrected chi connectivity index (χ2v) is 6.23. The van der Waals surface area contributed by atoms with Crippen molar-refractivity contribution >= 4 is 28.5 Å². The molecule has 3 aromatic rings. The maximum Gasteiger partial charge on any atom is 0.314 e. The quantitative estimate of drug-likeness (QED) is 0.564. The topological polar surface area (TPSA) is 124 Å². The zero-order valence-electron chi connectivity index (χ0n) is 14.7. The monoisotopic (exact) mass is 380 g/mol. The van der Waals surface area contributed by atoms with E-state index in [1.165, 1.54) is 6.07 Å². The summed E-state index contributed by atoms with van der Waals surface area (Å²) in [6.07, 6.45) is 0. The van der Waals surface area contributed by atoms with Crippen LogP contribution in [0.3, 0.4) is 0 Å². The summed E-state index contributed by atoms with van der Waals surface area (Å²) in [6.45, 7) is 0.489. The number of para-hydroxylation sites is 2. The molecule has 0 spiro atoms. The predicted molar refractivity (Wildman–Crippen MR) is 102 cm³/mol. The van der Waals surface area contributed by atoms with Crippen LogP contribution < -0.4 is 26.1 Å². The number of H-pyrrole nitrogens is 2. The van der Waals surface area contributed by atoms with Crippen LogP contribution in [0.5, 0.6) is 5.75 Å². The summed E-state index contributed by atoms with van der Waals surface area (Å²) in [5.74, 6) is 0.0871. The molecule has 0 saturated carbocycles. The Labute approximate surface area is 157 Å². The minimum atomic E-state index is -0.783. The molecule has 142 valence electrons. The van der Waals surface area contributed by atoms with E-state index >= 15 is 0 Å². The largest absolute Gasteiger partial charge is 0.482 e. The van der Waals surface area contributed by atoms with E-state index < -0.39 is 11.1 Å².